The van der Waals surface area contributed by atoms with Gasteiger partial charge in [0.1, 0.15) is 16.4 Å². The standard InChI is InChI=1S/C15H17N3O3S/c1-20-10-5-6-13(21-2)11(8-10)12-4-3-7-18(12)15(19)14-9-16-17-22-14/h5-6,8-9,12H,3-4,7H2,1-2H3/t12-/m0/s1. The molecule has 22 heavy (non-hydrogen) atoms. The second-order valence-corrected chi connectivity index (χ2v) is 5.83. The quantitative estimate of drug-likeness (QED) is 0.866. The summed E-state index contributed by atoms with van der Waals surface area (Å²) in [6.07, 6.45) is 3.38. The Morgan fingerprint density at radius 3 is 2.91 bits per heavy atom. The van der Waals surface area contributed by atoms with E-state index in [4.69, 9.17) is 9.47 Å². The van der Waals surface area contributed by atoms with Crippen molar-refractivity contribution < 1.29 is 14.3 Å². The van der Waals surface area contributed by atoms with Crippen LogP contribution in [0.1, 0.15) is 34.1 Å². The molecule has 0 N–H and O–H groups in total. The number of carbonyl (C=O) groups excluding carboxylic acids is 1. The first-order chi connectivity index (χ1) is 10.7. The van der Waals surface area contributed by atoms with Crippen molar-refractivity contribution in [3.05, 3.63) is 34.8 Å². The van der Waals surface area contributed by atoms with Crippen molar-refractivity contribution in [2.75, 3.05) is 20.8 Å². The van der Waals surface area contributed by atoms with Crippen molar-refractivity contribution in [2.45, 2.75) is 18.9 Å². The van der Waals surface area contributed by atoms with Crippen LogP contribution in [-0.4, -0.2) is 41.2 Å². The van der Waals surface area contributed by atoms with E-state index in [0.29, 0.717) is 4.88 Å². The zero-order valence-electron chi connectivity index (χ0n) is 12.5. The van der Waals surface area contributed by atoms with E-state index in [0.717, 1.165) is 48.0 Å². The average molecular weight is 319 g/mol. The van der Waals surface area contributed by atoms with Gasteiger partial charge in [0.25, 0.3) is 5.91 Å². The van der Waals surface area contributed by atoms with Crippen LogP contribution in [-0.2, 0) is 0 Å². The van der Waals surface area contributed by atoms with Crippen molar-refractivity contribution in [2.24, 2.45) is 0 Å². The topological polar surface area (TPSA) is 64.6 Å². The number of carbonyl (C=O) groups is 1. The Bertz CT molecular complexity index is 660. The second-order valence-electron chi connectivity index (χ2n) is 5.05. The van der Waals surface area contributed by atoms with Crippen LogP contribution in [0.2, 0.25) is 0 Å². The maximum Gasteiger partial charge on any atom is 0.267 e. The van der Waals surface area contributed by atoms with E-state index in [1.165, 1.54) is 6.20 Å². The minimum Gasteiger partial charge on any atom is -0.497 e. The summed E-state index contributed by atoms with van der Waals surface area (Å²) in [5.41, 5.74) is 0.977. The summed E-state index contributed by atoms with van der Waals surface area (Å²) in [6.45, 7) is 0.724. The molecule has 1 saturated heterocycles. The monoisotopic (exact) mass is 319 g/mol. The highest BCUT2D eigenvalue weighted by Gasteiger charge is 2.33. The van der Waals surface area contributed by atoms with E-state index in [1.54, 1.807) is 14.2 Å². The van der Waals surface area contributed by atoms with Gasteiger partial charge in [-0.25, -0.2) is 0 Å². The van der Waals surface area contributed by atoms with Crippen molar-refractivity contribution in [3.63, 3.8) is 0 Å². The van der Waals surface area contributed by atoms with Crippen LogP contribution in [0.3, 0.4) is 0 Å². The summed E-state index contributed by atoms with van der Waals surface area (Å²) < 4.78 is 14.5. The zero-order chi connectivity index (χ0) is 15.5. The molecule has 6 nitrogen and oxygen atoms in total. The molecule has 0 spiro atoms. The fraction of sp³-hybridized carbons (Fsp3) is 0.400. The van der Waals surface area contributed by atoms with Crippen LogP contribution in [0, 0.1) is 0 Å². The fourth-order valence-electron chi connectivity index (χ4n) is 2.84. The number of benzene rings is 1. The number of hydrogen-bond acceptors (Lipinski definition) is 6. The van der Waals surface area contributed by atoms with E-state index < -0.39 is 0 Å². The van der Waals surface area contributed by atoms with E-state index in [1.807, 2.05) is 23.1 Å². The van der Waals surface area contributed by atoms with Gasteiger partial charge in [-0.15, -0.1) is 5.10 Å². The van der Waals surface area contributed by atoms with Gasteiger partial charge in [-0.3, -0.25) is 4.79 Å². The van der Waals surface area contributed by atoms with Crippen molar-refractivity contribution in [1.29, 1.82) is 0 Å². The highest BCUT2D eigenvalue weighted by molar-refractivity contribution is 7.07. The Hall–Kier alpha value is -2.15. The van der Waals surface area contributed by atoms with E-state index in [9.17, 15) is 4.79 Å². The van der Waals surface area contributed by atoms with Crippen LogP contribution in [0.5, 0.6) is 11.5 Å². The van der Waals surface area contributed by atoms with Crippen molar-refractivity contribution in [3.8, 4) is 11.5 Å². The van der Waals surface area contributed by atoms with Crippen LogP contribution in [0.15, 0.2) is 24.4 Å². The summed E-state index contributed by atoms with van der Waals surface area (Å²) in [5.74, 6) is 1.50. The van der Waals surface area contributed by atoms with Gasteiger partial charge in [0, 0.05) is 12.1 Å². The van der Waals surface area contributed by atoms with Gasteiger partial charge in [-0.2, -0.15) is 0 Å². The minimum atomic E-state index is -0.0256. The molecule has 116 valence electrons. The van der Waals surface area contributed by atoms with Gasteiger partial charge in [-0.05, 0) is 42.6 Å². The predicted octanol–water partition coefficient (Wildman–Crippen LogP) is 2.53. The SMILES string of the molecule is COc1ccc(OC)c([C@@H]2CCCN2C(=O)c2cnns2)c1. The summed E-state index contributed by atoms with van der Waals surface area (Å²) in [5, 5.41) is 3.75. The van der Waals surface area contributed by atoms with Gasteiger partial charge < -0.3 is 14.4 Å². The molecule has 1 aromatic carbocycles. The third-order valence-corrected chi connectivity index (χ3v) is 4.53. The fourth-order valence-corrected chi connectivity index (χ4v) is 3.31. The van der Waals surface area contributed by atoms with Crippen LogP contribution in [0.25, 0.3) is 0 Å². The Morgan fingerprint density at radius 2 is 2.23 bits per heavy atom. The number of hydrogen-bond donors (Lipinski definition) is 0. The van der Waals surface area contributed by atoms with Gasteiger partial charge in [-0.1, -0.05) is 4.49 Å². The number of aromatic nitrogens is 2. The van der Waals surface area contributed by atoms with Crippen molar-refractivity contribution >= 4 is 17.4 Å². The molecule has 3 rings (SSSR count). The first-order valence-corrected chi connectivity index (χ1v) is 7.82. The number of amides is 1. The van der Waals surface area contributed by atoms with Crippen LogP contribution < -0.4 is 9.47 Å². The minimum absolute atomic E-state index is 0.0142. The van der Waals surface area contributed by atoms with E-state index in [2.05, 4.69) is 9.59 Å². The molecule has 1 fully saturated rings. The Labute approximate surface area is 132 Å². The van der Waals surface area contributed by atoms with E-state index in [-0.39, 0.29) is 11.9 Å². The summed E-state index contributed by atoms with van der Waals surface area (Å²) in [6, 6.07) is 5.67. The molecular weight excluding hydrogens is 302 g/mol. The molecule has 1 amide bonds. The smallest absolute Gasteiger partial charge is 0.267 e. The molecule has 1 aromatic heterocycles. The third kappa shape index (κ3) is 2.64. The molecule has 2 aromatic rings. The Balaban J connectivity index is 1.94. The first-order valence-electron chi connectivity index (χ1n) is 7.05. The number of likely N-dealkylation sites (tertiary alicyclic amines) is 1. The molecule has 0 bridgehead atoms. The number of methoxy groups -OCH3 is 2. The molecule has 0 aliphatic carbocycles. The molecule has 2 heterocycles. The zero-order valence-corrected chi connectivity index (χ0v) is 13.3. The van der Waals surface area contributed by atoms with Gasteiger partial charge in [0.15, 0.2) is 0 Å². The van der Waals surface area contributed by atoms with Crippen LogP contribution >= 0.6 is 11.5 Å². The third-order valence-electron chi connectivity index (χ3n) is 3.88. The second kappa shape index (κ2) is 6.31. The molecule has 7 heteroatoms. The highest BCUT2D eigenvalue weighted by atomic mass is 32.1. The lowest BCUT2D eigenvalue weighted by Crippen LogP contribution is -2.30. The normalized spacial score (nSPS) is 17.5. The average Bonchev–Trinajstić information content (AvgIpc) is 3.24. The number of nitrogens with zero attached hydrogens (tertiary/aromatic N) is 3. The van der Waals surface area contributed by atoms with Crippen LogP contribution in [0.4, 0.5) is 0 Å². The van der Waals surface area contributed by atoms with Gasteiger partial charge in [0.05, 0.1) is 26.5 Å². The van der Waals surface area contributed by atoms with Gasteiger partial charge in [0.2, 0.25) is 0 Å². The number of rotatable bonds is 4. The molecule has 0 saturated carbocycles. The van der Waals surface area contributed by atoms with E-state index >= 15 is 0 Å². The Kier molecular flexibility index (Phi) is 4.24. The summed E-state index contributed by atoms with van der Waals surface area (Å²) in [4.78, 5) is 15.1. The lowest BCUT2D eigenvalue weighted by molar-refractivity contribution is 0.0738. The maximum atomic E-state index is 12.6. The lowest BCUT2D eigenvalue weighted by Gasteiger charge is -2.26. The first kappa shape index (κ1) is 14.8. The lowest BCUT2D eigenvalue weighted by atomic mass is 10.0. The highest BCUT2D eigenvalue weighted by Crippen LogP contribution is 2.39. The van der Waals surface area contributed by atoms with Crippen molar-refractivity contribution in [1.82, 2.24) is 14.5 Å². The molecule has 0 radical (unpaired) electrons. The summed E-state index contributed by atoms with van der Waals surface area (Å²) >= 11 is 1.12. The molecule has 0 unspecified atom stereocenters. The molecular formula is C15H17N3O3S. The number of ether oxygens (including phenoxy) is 2. The Morgan fingerprint density at radius 1 is 1.36 bits per heavy atom. The predicted molar refractivity (Wildman–Crippen MR) is 82.5 cm³/mol. The van der Waals surface area contributed by atoms with Gasteiger partial charge >= 0.3 is 0 Å². The maximum absolute atomic E-state index is 12.6. The summed E-state index contributed by atoms with van der Waals surface area (Å²) in [7, 11) is 3.27. The molecule has 1 atom stereocenters. The molecule has 1 aliphatic rings. The molecule has 1 aliphatic heterocycles. The largest absolute Gasteiger partial charge is 0.497 e.